The summed E-state index contributed by atoms with van der Waals surface area (Å²) in [5.41, 5.74) is 4.40. The van der Waals surface area contributed by atoms with Crippen molar-refractivity contribution < 1.29 is 34.8 Å². The zero-order valence-corrected chi connectivity index (χ0v) is 24.8. The zero-order chi connectivity index (χ0) is 31.4. The lowest BCUT2D eigenvalue weighted by molar-refractivity contribution is -0.170. The summed E-state index contributed by atoms with van der Waals surface area (Å²) in [4.78, 5) is 39.8. The van der Waals surface area contributed by atoms with Gasteiger partial charge in [-0.15, -0.1) is 0 Å². The van der Waals surface area contributed by atoms with Gasteiger partial charge in [0.05, 0.1) is 29.9 Å². The third kappa shape index (κ3) is 10.4. The second-order valence-corrected chi connectivity index (χ2v) is 10.5. The third-order valence-electron chi connectivity index (χ3n) is 6.64. The molecular weight excluding hydrogens is 542 g/mol. The minimum Gasteiger partial charge on any atom is -0.481 e. The Kier molecular flexibility index (Phi) is 12.8. The fourth-order valence-corrected chi connectivity index (χ4v) is 4.42. The molecule has 0 atom stereocenters. The first-order chi connectivity index (χ1) is 19.7. The van der Waals surface area contributed by atoms with Crippen molar-refractivity contribution in [2.75, 3.05) is 27.2 Å². The Labute approximate surface area is 245 Å². The molecular formula is C30H41N5O7. The topological polar surface area (TPSA) is 169 Å². The normalized spacial score (nSPS) is 11.3. The number of carboxylic acid groups (broad SMARTS) is 3. The van der Waals surface area contributed by atoms with Crippen LogP contribution in [0.15, 0.2) is 48.7 Å². The summed E-state index contributed by atoms with van der Waals surface area (Å²) >= 11 is 0. The largest absolute Gasteiger partial charge is 0.481 e. The Morgan fingerprint density at radius 2 is 1.50 bits per heavy atom. The van der Waals surface area contributed by atoms with E-state index < -0.39 is 36.4 Å². The van der Waals surface area contributed by atoms with Crippen LogP contribution in [0.1, 0.15) is 47.5 Å². The average Bonchev–Trinajstić information content (AvgIpc) is 3.17. The van der Waals surface area contributed by atoms with Crippen molar-refractivity contribution in [3.8, 4) is 5.69 Å². The molecule has 3 aromatic rings. The summed E-state index contributed by atoms with van der Waals surface area (Å²) in [5.74, 6) is -5.02. The summed E-state index contributed by atoms with van der Waals surface area (Å²) < 4.78 is 2.10. The van der Waals surface area contributed by atoms with E-state index in [0.717, 1.165) is 49.7 Å². The van der Waals surface area contributed by atoms with E-state index in [2.05, 4.69) is 90.7 Å². The number of nitrogens with zero attached hydrogens (tertiary/aromatic N) is 5. The minimum absolute atomic E-state index is 0.850. The van der Waals surface area contributed by atoms with Crippen LogP contribution in [-0.2, 0) is 27.5 Å². The maximum absolute atomic E-state index is 10.3. The molecule has 0 saturated carbocycles. The molecule has 12 nitrogen and oxygen atoms in total. The van der Waals surface area contributed by atoms with Crippen molar-refractivity contribution in [2.24, 2.45) is 0 Å². The zero-order valence-electron chi connectivity index (χ0n) is 24.8. The molecule has 1 aromatic carbocycles. The molecule has 0 aliphatic carbocycles. The van der Waals surface area contributed by atoms with Crippen LogP contribution in [0, 0.1) is 20.8 Å². The summed E-state index contributed by atoms with van der Waals surface area (Å²) in [6.07, 6.45) is 0.715. The van der Waals surface area contributed by atoms with Gasteiger partial charge in [-0.2, -0.15) is 5.10 Å². The van der Waals surface area contributed by atoms with Gasteiger partial charge >= 0.3 is 17.9 Å². The molecule has 0 radical (unpaired) electrons. The number of aliphatic carboxylic acids is 3. The molecule has 228 valence electrons. The van der Waals surface area contributed by atoms with Crippen LogP contribution in [0.25, 0.3) is 5.69 Å². The number of benzene rings is 1. The van der Waals surface area contributed by atoms with Gasteiger partial charge in [-0.1, -0.05) is 24.3 Å². The number of hydrogen-bond acceptors (Lipinski definition) is 8. The van der Waals surface area contributed by atoms with Gasteiger partial charge in [-0.3, -0.25) is 19.5 Å². The molecule has 0 amide bonds. The number of hydrogen-bond donors (Lipinski definition) is 4. The van der Waals surface area contributed by atoms with Gasteiger partial charge in [0.25, 0.3) is 0 Å². The van der Waals surface area contributed by atoms with Crippen LogP contribution < -0.4 is 0 Å². The van der Waals surface area contributed by atoms with Crippen molar-refractivity contribution >= 4 is 17.9 Å². The maximum Gasteiger partial charge on any atom is 0.336 e. The highest BCUT2D eigenvalue weighted by atomic mass is 16.4. The predicted molar refractivity (Wildman–Crippen MR) is 156 cm³/mol. The van der Waals surface area contributed by atoms with E-state index >= 15 is 0 Å². The molecule has 0 saturated heterocycles. The third-order valence-corrected chi connectivity index (χ3v) is 6.64. The average molecular weight is 584 g/mol. The molecule has 0 spiro atoms. The Morgan fingerprint density at radius 1 is 0.881 bits per heavy atom. The lowest BCUT2D eigenvalue weighted by Crippen LogP contribution is -2.42. The van der Waals surface area contributed by atoms with Crippen LogP contribution in [0.3, 0.4) is 0 Å². The number of aryl methyl sites for hydroxylation is 2. The van der Waals surface area contributed by atoms with E-state index in [1.807, 2.05) is 12.3 Å². The van der Waals surface area contributed by atoms with Crippen molar-refractivity contribution in [2.45, 2.75) is 58.7 Å². The number of para-hydroxylation sites is 1. The van der Waals surface area contributed by atoms with Crippen molar-refractivity contribution in [3.05, 3.63) is 76.9 Å². The van der Waals surface area contributed by atoms with Gasteiger partial charge in [0, 0.05) is 37.1 Å². The van der Waals surface area contributed by atoms with E-state index in [9.17, 15) is 14.4 Å². The second-order valence-electron chi connectivity index (χ2n) is 10.5. The molecule has 4 N–H and O–H groups in total. The SMILES string of the molecule is Cc1ccccc1-n1nc(C)c(CN(CCCN(C)C)Cc2ccccn2)c1C.O=C(O)CC(O)(CC(=O)O)C(=O)O. The van der Waals surface area contributed by atoms with Crippen LogP contribution in [0.4, 0.5) is 0 Å². The number of carbonyl (C=O) groups is 3. The molecule has 2 heterocycles. The molecule has 42 heavy (non-hydrogen) atoms. The van der Waals surface area contributed by atoms with E-state index in [1.165, 1.54) is 16.8 Å². The Balaban J connectivity index is 0.000000401. The summed E-state index contributed by atoms with van der Waals surface area (Å²) in [7, 11) is 4.26. The van der Waals surface area contributed by atoms with Crippen molar-refractivity contribution in [1.82, 2.24) is 24.6 Å². The van der Waals surface area contributed by atoms with Gasteiger partial charge in [0.2, 0.25) is 0 Å². The minimum atomic E-state index is -2.74. The van der Waals surface area contributed by atoms with E-state index in [0.29, 0.717) is 0 Å². The second kappa shape index (κ2) is 15.8. The Morgan fingerprint density at radius 3 is 2.02 bits per heavy atom. The maximum atomic E-state index is 10.3. The smallest absolute Gasteiger partial charge is 0.336 e. The Hall–Kier alpha value is -4.13. The highest BCUT2D eigenvalue weighted by Crippen LogP contribution is 2.22. The van der Waals surface area contributed by atoms with Crippen LogP contribution >= 0.6 is 0 Å². The summed E-state index contributed by atoms with van der Waals surface area (Å²) in [6.45, 7) is 10.3. The predicted octanol–water partition coefficient (Wildman–Crippen LogP) is 2.90. The van der Waals surface area contributed by atoms with Gasteiger partial charge in [0.15, 0.2) is 5.60 Å². The molecule has 0 fully saturated rings. The molecule has 0 aliphatic heterocycles. The van der Waals surface area contributed by atoms with Gasteiger partial charge in [0.1, 0.15) is 0 Å². The first kappa shape index (κ1) is 34.1. The Bertz CT molecular complexity index is 1330. The molecule has 12 heteroatoms. The lowest BCUT2D eigenvalue weighted by Gasteiger charge is -2.23. The number of carboxylic acids is 3. The quantitative estimate of drug-likeness (QED) is 0.220. The fraction of sp³-hybridized carbons (Fsp3) is 0.433. The standard InChI is InChI=1S/C24H33N5.C6H8O7/c1-19-11-6-7-13-24(19)29-21(3)23(20(2)26-29)18-28(16-10-15-27(4)5)17-22-12-8-9-14-25-22;7-3(8)1-6(13,5(11)12)2-4(9)10/h6-9,11-14H,10,15-18H2,1-5H3;13H,1-2H2,(H,7,8)(H,9,10)(H,11,12). The first-order valence-electron chi connectivity index (χ1n) is 13.5. The summed E-state index contributed by atoms with van der Waals surface area (Å²) in [5, 5.41) is 38.7. The molecule has 0 aliphatic rings. The number of aliphatic hydroxyl groups is 1. The molecule has 2 aromatic heterocycles. The van der Waals surface area contributed by atoms with Crippen molar-refractivity contribution in [3.63, 3.8) is 0 Å². The van der Waals surface area contributed by atoms with E-state index in [4.69, 9.17) is 25.5 Å². The lowest BCUT2D eigenvalue weighted by atomic mass is 9.96. The highest BCUT2D eigenvalue weighted by molar-refractivity contribution is 5.88. The van der Waals surface area contributed by atoms with E-state index in [1.54, 1.807) is 0 Å². The van der Waals surface area contributed by atoms with E-state index in [-0.39, 0.29) is 0 Å². The number of aromatic nitrogens is 3. The number of rotatable bonds is 14. The molecule has 0 bridgehead atoms. The van der Waals surface area contributed by atoms with Crippen LogP contribution in [0.5, 0.6) is 0 Å². The van der Waals surface area contributed by atoms with Crippen LogP contribution in [0.2, 0.25) is 0 Å². The summed E-state index contributed by atoms with van der Waals surface area (Å²) in [6, 6.07) is 14.6. The molecule has 3 rings (SSSR count). The molecule has 0 unspecified atom stereocenters. The van der Waals surface area contributed by atoms with Gasteiger partial charge in [-0.05, 0) is 71.6 Å². The van der Waals surface area contributed by atoms with Crippen molar-refractivity contribution in [1.29, 1.82) is 0 Å². The number of pyridine rings is 1. The van der Waals surface area contributed by atoms with Gasteiger partial charge < -0.3 is 25.3 Å². The van der Waals surface area contributed by atoms with Crippen LogP contribution in [-0.4, -0.2) is 95.7 Å². The highest BCUT2D eigenvalue weighted by Gasteiger charge is 2.40. The van der Waals surface area contributed by atoms with Gasteiger partial charge in [-0.25, -0.2) is 9.48 Å². The fourth-order valence-electron chi connectivity index (χ4n) is 4.42. The monoisotopic (exact) mass is 583 g/mol. The first-order valence-corrected chi connectivity index (χ1v) is 13.5.